The third-order valence-corrected chi connectivity index (χ3v) is 6.66. The third-order valence-electron chi connectivity index (χ3n) is 6.66. The first-order valence-corrected chi connectivity index (χ1v) is 11.4. The van der Waals surface area contributed by atoms with Gasteiger partial charge in [-0.15, -0.1) is 0 Å². The molecular weight excluding hydrogens is 394 g/mol. The molecule has 0 N–H and O–H groups in total. The fraction of sp³-hybridized carbons (Fsp3) is 0.652. The van der Waals surface area contributed by atoms with Crippen LogP contribution >= 0.6 is 0 Å². The number of methoxy groups -OCH3 is 1. The molecule has 0 aromatic carbocycles. The summed E-state index contributed by atoms with van der Waals surface area (Å²) in [6.07, 6.45) is 6.48. The lowest BCUT2D eigenvalue weighted by Crippen LogP contribution is -2.35. The molecule has 0 bridgehead atoms. The Bertz CT molecular complexity index is 964. The quantitative estimate of drug-likeness (QED) is 0.708. The molecule has 0 saturated carbocycles. The van der Waals surface area contributed by atoms with Crippen LogP contribution in [-0.2, 0) is 20.7 Å². The number of nitrogens with zero attached hydrogens (tertiary/aromatic N) is 5. The second-order valence-corrected chi connectivity index (χ2v) is 8.72. The zero-order chi connectivity index (χ0) is 22.0. The lowest BCUT2D eigenvalue weighted by atomic mass is 10.0. The third kappa shape index (κ3) is 4.44. The first-order chi connectivity index (χ1) is 15.0. The molecule has 2 amide bonds. The molecule has 168 valence electrons. The van der Waals surface area contributed by atoms with Crippen molar-refractivity contribution in [3.63, 3.8) is 0 Å². The van der Waals surface area contributed by atoms with Crippen LogP contribution in [0, 0.1) is 13.8 Å². The highest BCUT2D eigenvalue weighted by Crippen LogP contribution is 2.32. The fourth-order valence-electron chi connectivity index (χ4n) is 4.98. The Balaban J connectivity index is 1.54. The highest BCUT2D eigenvalue weighted by atomic mass is 16.5. The van der Waals surface area contributed by atoms with Gasteiger partial charge in [0.15, 0.2) is 5.65 Å². The predicted molar refractivity (Wildman–Crippen MR) is 117 cm³/mol. The van der Waals surface area contributed by atoms with Gasteiger partial charge in [-0.1, -0.05) is 0 Å². The first kappa shape index (κ1) is 21.7. The maximum Gasteiger partial charge on any atom is 0.249 e. The summed E-state index contributed by atoms with van der Waals surface area (Å²) in [7, 11) is 1.54. The summed E-state index contributed by atoms with van der Waals surface area (Å²) in [5, 5.41) is 4.83. The van der Waals surface area contributed by atoms with Crippen LogP contribution in [0.1, 0.15) is 67.2 Å². The molecular formula is C23H33N5O3. The molecule has 2 aliphatic heterocycles. The van der Waals surface area contributed by atoms with Crippen LogP contribution in [0.25, 0.3) is 5.65 Å². The number of rotatable bonds is 6. The smallest absolute Gasteiger partial charge is 0.249 e. The normalized spacial score (nSPS) is 19.4. The van der Waals surface area contributed by atoms with Gasteiger partial charge in [-0.25, -0.2) is 9.50 Å². The van der Waals surface area contributed by atoms with Gasteiger partial charge in [0.1, 0.15) is 6.61 Å². The maximum atomic E-state index is 12.6. The van der Waals surface area contributed by atoms with E-state index in [9.17, 15) is 9.59 Å². The average molecular weight is 428 g/mol. The summed E-state index contributed by atoms with van der Waals surface area (Å²) in [5.41, 5.74) is 4.72. The van der Waals surface area contributed by atoms with Crippen LogP contribution in [0.3, 0.4) is 0 Å². The van der Waals surface area contributed by atoms with Gasteiger partial charge in [0, 0.05) is 50.6 Å². The largest absolute Gasteiger partial charge is 0.375 e. The summed E-state index contributed by atoms with van der Waals surface area (Å²) < 4.78 is 6.91. The van der Waals surface area contributed by atoms with Crippen molar-refractivity contribution in [1.29, 1.82) is 0 Å². The zero-order valence-electron chi connectivity index (χ0n) is 18.9. The van der Waals surface area contributed by atoms with Gasteiger partial charge < -0.3 is 14.5 Å². The summed E-state index contributed by atoms with van der Waals surface area (Å²) in [6.45, 7) is 6.64. The Morgan fingerprint density at radius 2 is 1.87 bits per heavy atom. The van der Waals surface area contributed by atoms with Crippen molar-refractivity contribution < 1.29 is 14.3 Å². The van der Waals surface area contributed by atoms with E-state index in [0.29, 0.717) is 12.8 Å². The van der Waals surface area contributed by atoms with Gasteiger partial charge >= 0.3 is 0 Å². The molecule has 0 spiro atoms. The number of fused-ring (bicyclic) bond motifs is 1. The number of aromatic nitrogens is 3. The van der Waals surface area contributed by atoms with Crippen LogP contribution in [-0.4, -0.2) is 69.6 Å². The number of carbonyl (C=O) groups is 2. The number of piperidine rings is 1. The Kier molecular flexibility index (Phi) is 6.55. The van der Waals surface area contributed by atoms with Crippen molar-refractivity contribution in [2.75, 3.05) is 33.4 Å². The van der Waals surface area contributed by atoms with Gasteiger partial charge in [0.25, 0.3) is 0 Å². The minimum absolute atomic E-state index is 0.000156. The van der Waals surface area contributed by atoms with Crippen LogP contribution in [0.5, 0.6) is 0 Å². The van der Waals surface area contributed by atoms with Crippen molar-refractivity contribution in [3.8, 4) is 0 Å². The maximum absolute atomic E-state index is 12.6. The van der Waals surface area contributed by atoms with E-state index in [0.717, 1.165) is 73.6 Å². The average Bonchev–Trinajstić information content (AvgIpc) is 3.41. The van der Waals surface area contributed by atoms with Crippen LogP contribution < -0.4 is 0 Å². The predicted octanol–water partition coefficient (Wildman–Crippen LogP) is 2.60. The van der Waals surface area contributed by atoms with Gasteiger partial charge in [0.05, 0.1) is 11.7 Å². The molecule has 0 radical (unpaired) electrons. The van der Waals surface area contributed by atoms with Gasteiger partial charge in [-0.2, -0.15) is 5.10 Å². The van der Waals surface area contributed by atoms with E-state index < -0.39 is 0 Å². The van der Waals surface area contributed by atoms with Gasteiger partial charge in [-0.05, 0) is 57.9 Å². The van der Waals surface area contributed by atoms with Crippen LogP contribution in [0.4, 0.5) is 0 Å². The SMILES string of the molecule is COCC(=O)N1CCC[C@H]1c1cc2nc(C)c(CCC(=O)N3CCCCC3)c(C)n2n1. The Morgan fingerprint density at radius 1 is 1.10 bits per heavy atom. The molecule has 2 fully saturated rings. The van der Waals surface area contributed by atoms with Crippen LogP contribution in [0.2, 0.25) is 0 Å². The highest BCUT2D eigenvalue weighted by Gasteiger charge is 2.32. The summed E-state index contributed by atoms with van der Waals surface area (Å²) in [4.78, 5) is 33.7. The monoisotopic (exact) mass is 427 g/mol. The van der Waals surface area contributed by atoms with Crippen molar-refractivity contribution in [2.24, 2.45) is 0 Å². The molecule has 8 nitrogen and oxygen atoms in total. The first-order valence-electron chi connectivity index (χ1n) is 11.4. The number of carbonyl (C=O) groups excluding carboxylic acids is 2. The van der Waals surface area contributed by atoms with Gasteiger partial charge in [0.2, 0.25) is 11.8 Å². The van der Waals surface area contributed by atoms with Crippen LogP contribution in [0.15, 0.2) is 6.07 Å². The Labute approximate surface area is 183 Å². The fourth-order valence-corrected chi connectivity index (χ4v) is 4.98. The topological polar surface area (TPSA) is 80.0 Å². The molecule has 31 heavy (non-hydrogen) atoms. The van der Waals surface area contributed by atoms with Crippen molar-refractivity contribution >= 4 is 17.5 Å². The van der Waals surface area contributed by atoms with E-state index in [-0.39, 0.29) is 24.5 Å². The summed E-state index contributed by atoms with van der Waals surface area (Å²) in [6, 6.07) is 1.96. The zero-order valence-corrected chi connectivity index (χ0v) is 18.9. The Hall–Kier alpha value is -2.48. The van der Waals surface area contributed by atoms with Crippen molar-refractivity contribution in [2.45, 2.75) is 64.8 Å². The van der Waals surface area contributed by atoms with Gasteiger partial charge in [-0.3, -0.25) is 9.59 Å². The molecule has 0 aliphatic carbocycles. The second kappa shape index (κ2) is 9.34. The van der Waals surface area contributed by atoms with E-state index in [1.165, 1.54) is 6.42 Å². The van der Waals surface area contributed by atoms with Crippen molar-refractivity contribution in [1.82, 2.24) is 24.4 Å². The minimum atomic E-state index is -0.0341. The summed E-state index contributed by atoms with van der Waals surface area (Å²) in [5.74, 6) is 0.234. The van der Waals surface area contributed by atoms with E-state index >= 15 is 0 Å². The molecule has 0 unspecified atom stereocenters. The summed E-state index contributed by atoms with van der Waals surface area (Å²) >= 11 is 0. The van der Waals surface area contributed by atoms with E-state index in [1.54, 1.807) is 7.11 Å². The number of likely N-dealkylation sites (tertiary alicyclic amines) is 2. The Morgan fingerprint density at radius 3 is 2.61 bits per heavy atom. The second-order valence-electron chi connectivity index (χ2n) is 8.72. The molecule has 2 saturated heterocycles. The lowest BCUT2D eigenvalue weighted by molar-refractivity contribution is -0.136. The molecule has 4 rings (SSSR count). The number of hydrogen-bond acceptors (Lipinski definition) is 5. The molecule has 4 heterocycles. The number of aryl methyl sites for hydroxylation is 2. The van der Waals surface area contributed by atoms with Crippen molar-refractivity contribution in [3.05, 3.63) is 28.7 Å². The molecule has 2 aromatic rings. The minimum Gasteiger partial charge on any atom is -0.375 e. The van der Waals surface area contributed by atoms with E-state index in [4.69, 9.17) is 14.8 Å². The standard InChI is InChI=1S/C23H33N5O3/c1-16-18(9-10-22(29)26-11-5-4-6-12-26)17(2)28-21(24-16)14-19(25-28)20-8-7-13-27(20)23(30)15-31-3/h14,20H,4-13,15H2,1-3H3/t20-/m0/s1. The number of ether oxygens (including phenoxy) is 1. The molecule has 1 atom stereocenters. The van der Waals surface area contributed by atoms with E-state index in [1.807, 2.05) is 34.2 Å². The van der Waals surface area contributed by atoms with E-state index in [2.05, 4.69) is 0 Å². The lowest BCUT2D eigenvalue weighted by Gasteiger charge is -2.26. The highest BCUT2D eigenvalue weighted by molar-refractivity contribution is 5.78. The molecule has 2 aliphatic rings. The molecule has 2 aromatic heterocycles. The molecule has 8 heteroatoms. The number of hydrogen-bond donors (Lipinski definition) is 0. The number of amides is 2.